The molecule has 0 bridgehead atoms. The van der Waals surface area contributed by atoms with E-state index in [9.17, 15) is 0 Å². The fourth-order valence-electron chi connectivity index (χ4n) is 3.16. The van der Waals surface area contributed by atoms with Gasteiger partial charge in [0.1, 0.15) is 0 Å². The summed E-state index contributed by atoms with van der Waals surface area (Å²) in [6.45, 7) is 9.40. The Morgan fingerprint density at radius 2 is 0.833 bits per heavy atom. The van der Waals surface area contributed by atoms with Gasteiger partial charge in [0.15, 0.2) is 0 Å². The van der Waals surface area contributed by atoms with Crippen molar-refractivity contribution in [2.24, 2.45) is 5.41 Å². The van der Waals surface area contributed by atoms with E-state index in [-0.39, 0.29) is 0 Å². The zero-order valence-electron chi connectivity index (χ0n) is 13.7. The molecule has 0 heterocycles. The van der Waals surface area contributed by atoms with E-state index in [2.05, 4.69) is 27.7 Å². The predicted molar refractivity (Wildman–Crippen MR) is 85.2 cm³/mol. The van der Waals surface area contributed by atoms with Crippen LogP contribution < -0.4 is 0 Å². The lowest BCUT2D eigenvalue weighted by Gasteiger charge is -2.33. The van der Waals surface area contributed by atoms with Crippen LogP contribution in [0.4, 0.5) is 0 Å². The SMILES string of the molecule is CCCCCC(CC)(CCCCC)CCCCC. The highest BCUT2D eigenvalue weighted by Crippen LogP contribution is 2.40. The molecule has 0 aliphatic rings. The van der Waals surface area contributed by atoms with Crippen LogP contribution in [0.1, 0.15) is 111 Å². The van der Waals surface area contributed by atoms with Crippen LogP contribution in [0, 0.1) is 5.41 Å². The lowest BCUT2D eigenvalue weighted by molar-refractivity contribution is 0.187. The molecule has 0 radical (unpaired) electrons. The summed E-state index contributed by atoms with van der Waals surface area (Å²) in [6.07, 6.45) is 18.7. The molecule has 18 heavy (non-hydrogen) atoms. The summed E-state index contributed by atoms with van der Waals surface area (Å²) in [5, 5.41) is 0. The van der Waals surface area contributed by atoms with Gasteiger partial charge in [0.2, 0.25) is 0 Å². The number of unbranched alkanes of at least 4 members (excludes halogenated alkanes) is 6. The third-order valence-electron chi connectivity index (χ3n) is 4.68. The third kappa shape index (κ3) is 8.16. The maximum atomic E-state index is 2.43. The van der Waals surface area contributed by atoms with Gasteiger partial charge in [0.25, 0.3) is 0 Å². The first-order chi connectivity index (χ1) is 8.74. The minimum absolute atomic E-state index is 0.694. The van der Waals surface area contributed by atoms with Crippen LogP contribution in [-0.2, 0) is 0 Å². The van der Waals surface area contributed by atoms with E-state index in [1.807, 2.05) is 0 Å². The monoisotopic (exact) mass is 254 g/mol. The van der Waals surface area contributed by atoms with E-state index < -0.39 is 0 Å². The van der Waals surface area contributed by atoms with Gasteiger partial charge in [-0.2, -0.15) is 0 Å². The van der Waals surface area contributed by atoms with E-state index in [1.54, 1.807) is 0 Å². The molecule has 0 nitrogen and oxygen atoms in total. The van der Waals surface area contributed by atoms with Gasteiger partial charge in [-0.25, -0.2) is 0 Å². The smallest absolute Gasteiger partial charge is 0.0300 e. The maximum absolute atomic E-state index is 2.43. The van der Waals surface area contributed by atoms with Gasteiger partial charge in [0.05, 0.1) is 0 Å². The minimum atomic E-state index is 0.694. The molecule has 0 rings (SSSR count). The molecule has 110 valence electrons. The Morgan fingerprint density at radius 3 is 1.06 bits per heavy atom. The highest BCUT2D eigenvalue weighted by atomic mass is 14.3. The lowest BCUT2D eigenvalue weighted by atomic mass is 9.72. The summed E-state index contributed by atoms with van der Waals surface area (Å²) >= 11 is 0. The molecule has 0 atom stereocenters. The van der Waals surface area contributed by atoms with Gasteiger partial charge in [-0.15, -0.1) is 0 Å². The fraction of sp³-hybridized carbons (Fsp3) is 1.00. The Balaban J connectivity index is 4.20. The molecule has 0 spiro atoms. The summed E-state index contributed by atoms with van der Waals surface area (Å²) in [7, 11) is 0. The standard InChI is InChI=1S/C18H38/c1-5-9-12-15-18(8-4,16-13-10-6-2)17-14-11-7-3/h5-17H2,1-4H3. The second kappa shape index (κ2) is 12.1. The van der Waals surface area contributed by atoms with Crippen molar-refractivity contribution in [2.45, 2.75) is 111 Å². The van der Waals surface area contributed by atoms with Crippen LogP contribution in [0.15, 0.2) is 0 Å². The summed E-state index contributed by atoms with van der Waals surface area (Å²) in [6, 6.07) is 0. The van der Waals surface area contributed by atoms with E-state index in [0.29, 0.717) is 5.41 Å². The Morgan fingerprint density at radius 1 is 0.500 bits per heavy atom. The number of rotatable bonds is 13. The van der Waals surface area contributed by atoms with Crippen molar-refractivity contribution in [1.82, 2.24) is 0 Å². The highest BCUT2D eigenvalue weighted by molar-refractivity contribution is 4.78. The molecule has 0 heteroatoms. The molecule has 0 fully saturated rings. The maximum Gasteiger partial charge on any atom is -0.0300 e. The second-order valence-corrected chi connectivity index (χ2v) is 6.22. The van der Waals surface area contributed by atoms with Gasteiger partial charge >= 0.3 is 0 Å². The van der Waals surface area contributed by atoms with Crippen LogP contribution in [-0.4, -0.2) is 0 Å². The fourth-order valence-corrected chi connectivity index (χ4v) is 3.16. The number of hydrogen-bond donors (Lipinski definition) is 0. The molecule has 0 amide bonds. The average Bonchev–Trinajstić information content (AvgIpc) is 2.39. The molecule has 0 aromatic rings. The average molecular weight is 255 g/mol. The molecule has 0 saturated heterocycles. The Bertz CT molecular complexity index is 133. The van der Waals surface area contributed by atoms with Crippen molar-refractivity contribution in [3.05, 3.63) is 0 Å². The van der Waals surface area contributed by atoms with Crippen molar-refractivity contribution in [1.29, 1.82) is 0 Å². The van der Waals surface area contributed by atoms with Crippen LogP contribution in [0.3, 0.4) is 0 Å². The molecule has 0 aromatic heterocycles. The molecule has 0 aromatic carbocycles. The van der Waals surface area contributed by atoms with E-state index >= 15 is 0 Å². The van der Waals surface area contributed by atoms with Crippen LogP contribution in [0.2, 0.25) is 0 Å². The van der Waals surface area contributed by atoms with E-state index in [0.717, 1.165) is 0 Å². The van der Waals surface area contributed by atoms with Crippen molar-refractivity contribution in [3.8, 4) is 0 Å². The Labute approximate surface area is 117 Å². The summed E-state index contributed by atoms with van der Waals surface area (Å²) in [4.78, 5) is 0. The van der Waals surface area contributed by atoms with Crippen LogP contribution in [0.5, 0.6) is 0 Å². The van der Waals surface area contributed by atoms with Gasteiger partial charge < -0.3 is 0 Å². The minimum Gasteiger partial charge on any atom is -0.0654 e. The van der Waals surface area contributed by atoms with Crippen LogP contribution >= 0.6 is 0 Å². The summed E-state index contributed by atoms with van der Waals surface area (Å²) < 4.78 is 0. The molecule has 0 N–H and O–H groups in total. The largest absolute Gasteiger partial charge is 0.0654 e. The van der Waals surface area contributed by atoms with Crippen molar-refractivity contribution in [2.75, 3.05) is 0 Å². The molecule has 0 aliphatic carbocycles. The molecular weight excluding hydrogens is 216 g/mol. The lowest BCUT2D eigenvalue weighted by Crippen LogP contribution is -2.20. The van der Waals surface area contributed by atoms with E-state index in [4.69, 9.17) is 0 Å². The molecular formula is C18H38. The van der Waals surface area contributed by atoms with Gasteiger partial charge in [-0.3, -0.25) is 0 Å². The van der Waals surface area contributed by atoms with Gasteiger partial charge in [-0.1, -0.05) is 91.9 Å². The predicted octanol–water partition coefficient (Wildman–Crippen LogP) is 7.12. The summed E-state index contributed by atoms with van der Waals surface area (Å²) in [5.74, 6) is 0. The molecule has 0 aliphatic heterocycles. The molecule has 0 unspecified atom stereocenters. The molecule has 0 saturated carbocycles. The Hall–Kier alpha value is 0. The van der Waals surface area contributed by atoms with Crippen molar-refractivity contribution < 1.29 is 0 Å². The van der Waals surface area contributed by atoms with Gasteiger partial charge in [-0.05, 0) is 24.7 Å². The zero-order valence-corrected chi connectivity index (χ0v) is 13.7. The van der Waals surface area contributed by atoms with Crippen LogP contribution in [0.25, 0.3) is 0 Å². The van der Waals surface area contributed by atoms with Crippen molar-refractivity contribution >= 4 is 0 Å². The highest BCUT2D eigenvalue weighted by Gasteiger charge is 2.26. The second-order valence-electron chi connectivity index (χ2n) is 6.22. The summed E-state index contributed by atoms with van der Waals surface area (Å²) in [5.41, 5.74) is 0.694. The third-order valence-corrected chi connectivity index (χ3v) is 4.68. The van der Waals surface area contributed by atoms with E-state index in [1.165, 1.54) is 83.5 Å². The Kier molecular flexibility index (Phi) is 12.1. The first-order valence-corrected chi connectivity index (χ1v) is 8.74. The van der Waals surface area contributed by atoms with Gasteiger partial charge in [0, 0.05) is 0 Å². The topological polar surface area (TPSA) is 0 Å². The quantitative estimate of drug-likeness (QED) is 0.307. The zero-order chi connectivity index (χ0) is 13.7. The number of hydrogen-bond acceptors (Lipinski definition) is 0. The first-order valence-electron chi connectivity index (χ1n) is 8.74. The first kappa shape index (κ1) is 18.0. The normalized spacial score (nSPS) is 12.0. The van der Waals surface area contributed by atoms with Crippen molar-refractivity contribution in [3.63, 3.8) is 0 Å².